The summed E-state index contributed by atoms with van der Waals surface area (Å²) in [4.78, 5) is 4.34. The van der Waals surface area contributed by atoms with E-state index in [9.17, 15) is 0 Å². The molecule has 1 aromatic heterocycles. The van der Waals surface area contributed by atoms with E-state index in [1.807, 2.05) is 36.7 Å². The van der Waals surface area contributed by atoms with Gasteiger partial charge in [0.25, 0.3) is 0 Å². The highest BCUT2D eigenvalue weighted by molar-refractivity contribution is 6.10. The Morgan fingerprint density at radius 1 is 1.12 bits per heavy atom. The lowest BCUT2D eigenvalue weighted by atomic mass is 10.0. The molecule has 0 unspecified atom stereocenters. The molecule has 0 fully saturated rings. The first-order valence-electron chi connectivity index (χ1n) is 5.26. The molecule has 16 heavy (non-hydrogen) atoms. The van der Waals surface area contributed by atoms with Crippen LogP contribution in [0.15, 0.2) is 53.9 Å². The van der Waals surface area contributed by atoms with E-state index in [1.54, 1.807) is 0 Å². The van der Waals surface area contributed by atoms with Gasteiger partial charge in [-0.05, 0) is 12.1 Å². The van der Waals surface area contributed by atoms with Gasteiger partial charge in [-0.1, -0.05) is 24.3 Å². The zero-order chi connectivity index (χ0) is 10.8. The number of hydrogen-bond donors (Lipinski definition) is 1. The van der Waals surface area contributed by atoms with Crippen molar-refractivity contribution in [3.05, 3.63) is 54.4 Å². The van der Waals surface area contributed by atoms with E-state index in [4.69, 9.17) is 0 Å². The number of fused-ring (bicyclic) bond motifs is 1. The van der Waals surface area contributed by atoms with Gasteiger partial charge < -0.3 is 0 Å². The molecular weight excluding hydrogens is 198 g/mol. The molecule has 0 bridgehead atoms. The van der Waals surface area contributed by atoms with Crippen molar-refractivity contribution < 1.29 is 0 Å². The van der Waals surface area contributed by atoms with Crippen molar-refractivity contribution in [2.45, 2.75) is 6.42 Å². The highest BCUT2D eigenvalue weighted by atomic mass is 15.3. The van der Waals surface area contributed by atoms with Gasteiger partial charge in [-0.2, -0.15) is 5.10 Å². The van der Waals surface area contributed by atoms with E-state index in [1.165, 1.54) is 0 Å². The zero-order valence-corrected chi connectivity index (χ0v) is 8.72. The number of nitrogens with zero attached hydrogens (tertiary/aromatic N) is 2. The fourth-order valence-corrected chi connectivity index (χ4v) is 1.90. The average molecular weight is 209 g/mol. The first kappa shape index (κ1) is 9.09. The van der Waals surface area contributed by atoms with Crippen LogP contribution in [0.3, 0.4) is 0 Å². The summed E-state index contributed by atoms with van der Waals surface area (Å²) in [6, 6.07) is 10.1. The number of benzene rings is 1. The van der Waals surface area contributed by atoms with Gasteiger partial charge in [-0.15, -0.1) is 0 Å². The molecule has 1 aliphatic heterocycles. The van der Waals surface area contributed by atoms with Crippen molar-refractivity contribution >= 4 is 16.6 Å². The van der Waals surface area contributed by atoms with E-state index in [0.717, 1.165) is 28.6 Å². The molecule has 0 radical (unpaired) electrons. The van der Waals surface area contributed by atoms with Crippen LogP contribution in [-0.4, -0.2) is 10.7 Å². The van der Waals surface area contributed by atoms with Gasteiger partial charge in [-0.3, -0.25) is 10.4 Å². The number of rotatable bonds is 1. The monoisotopic (exact) mass is 209 g/mol. The summed E-state index contributed by atoms with van der Waals surface area (Å²) in [6.07, 6.45) is 6.62. The Hall–Kier alpha value is -2.16. The Labute approximate surface area is 93.5 Å². The topological polar surface area (TPSA) is 37.3 Å². The molecule has 0 saturated carbocycles. The van der Waals surface area contributed by atoms with Gasteiger partial charge in [0.15, 0.2) is 0 Å². The van der Waals surface area contributed by atoms with Crippen molar-refractivity contribution in [3.63, 3.8) is 0 Å². The molecule has 3 heteroatoms. The van der Waals surface area contributed by atoms with Gasteiger partial charge in [0.05, 0.1) is 11.2 Å². The summed E-state index contributed by atoms with van der Waals surface area (Å²) >= 11 is 0. The number of para-hydroxylation sites is 1. The second-order valence-corrected chi connectivity index (χ2v) is 3.67. The Morgan fingerprint density at radius 2 is 2.06 bits per heavy atom. The molecule has 2 heterocycles. The molecule has 0 saturated heterocycles. The molecule has 0 aliphatic carbocycles. The van der Waals surface area contributed by atoms with Crippen molar-refractivity contribution in [1.82, 2.24) is 10.4 Å². The molecule has 1 N–H and O–H groups in total. The third kappa shape index (κ3) is 1.46. The van der Waals surface area contributed by atoms with E-state index in [-0.39, 0.29) is 0 Å². The molecule has 0 amide bonds. The maximum absolute atomic E-state index is 4.34. The molecular formula is C13H11N3. The normalized spacial score (nSPS) is 14.6. The Kier molecular flexibility index (Phi) is 2.14. The summed E-state index contributed by atoms with van der Waals surface area (Å²) in [7, 11) is 0. The second-order valence-electron chi connectivity index (χ2n) is 3.67. The summed E-state index contributed by atoms with van der Waals surface area (Å²) < 4.78 is 0. The van der Waals surface area contributed by atoms with Crippen LogP contribution in [0.2, 0.25) is 0 Å². The minimum Gasteiger partial charge on any atom is -0.286 e. The Morgan fingerprint density at radius 3 is 2.94 bits per heavy atom. The van der Waals surface area contributed by atoms with E-state index >= 15 is 0 Å². The predicted molar refractivity (Wildman–Crippen MR) is 65.2 cm³/mol. The van der Waals surface area contributed by atoms with Crippen LogP contribution in [0.5, 0.6) is 0 Å². The van der Waals surface area contributed by atoms with Gasteiger partial charge in [0.2, 0.25) is 0 Å². The molecule has 0 atom stereocenters. The number of allylic oxidation sites excluding steroid dienone is 1. The summed E-state index contributed by atoms with van der Waals surface area (Å²) in [5.74, 6) is 0. The van der Waals surface area contributed by atoms with Crippen molar-refractivity contribution in [1.29, 1.82) is 0 Å². The first-order valence-corrected chi connectivity index (χ1v) is 5.26. The molecule has 3 nitrogen and oxygen atoms in total. The molecule has 78 valence electrons. The SMILES string of the molecule is C1=CNN=C(c2ccnc3ccccc23)C1. The van der Waals surface area contributed by atoms with Crippen LogP contribution in [0.25, 0.3) is 10.9 Å². The van der Waals surface area contributed by atoms with Crippen molar-refractivity contribution in [3.8, 4) is 0 Å². The molecule has 2 aromatic rings. The largest absolute Gasteiger partial charge is 0.286 e. The van der Waals surface area contributed by atoms with Crippen molar-refractivity contribution in [2.75, 3.05) is 0 Å². The third-order valence-corrected chi connectivity index (χ3v) is 2.66. The third-order valence-electron chi connectivity index (χ3n) is 2.66. The van der Waals surface area contributed by atoms with Gasteiger partial charge in [0.1, 0.15) is 0 Å². The number of pyridine rings is 1. The lowest BCUT2D eigenvalue weighted by Crippen LogP contribution is -2.10. The summed E-state index contributed by atoms with van der Waals surface area (Å²) in [6.45, 7) is 0. The number of hydrazone groups is 1. The molecule has 1 aliphatic rings. The smallest absolute Gasteiger partial charge is 0.0724 e. The molecule has 3 rings (SSSR count). The van der Waals surface area contributed by atoms with Crippen molar-refractivity contribution in [2.24, 2.45) is 5.10 Å². The number of nitrogens with one attached hydrogen (secondary N) is 1. The fourth-order valence-electron chi connectivity index (χ4n) is 1.90. The summed E-state index contributed by atoms with van der Waals surface area (Å²) in [5.41, 5.74) is 6.11. The van der Waals surface area contributed by atoms with Gasteiger partial charge >= 0.3 is 0 Å². The van der Waals surface area contributed by atoms with Crippen LogP contribution in [0, 0.1) is 0 Å². The van der Waals surface area contributed by atoms with E-state index in [2.05, 4.69) is 27.7 Å². The van der Waals surface area contributed by atoms with Crippen LogP contribution in [-0.2, 0) is 0 Å². The lowest BCUT2D eigenvalue weighted by molar-refractivity contribution is 0.935. The van der Waals surface area contributed by atoms with Crippen LogP contribution < -0.4 is 5.43 Å². The number of hydrogen-bond acceptors (Lipinski definition) is 3. The van der Waals surface area contributed by atoms with E-state index < -0.39 is 0 Å². The Balaban J connectivity index is 2.20. The van der Waals surface area contributed by atoms with E-state index in [0.29, 0.717) is 0 Å². The number of aromatic nitrogens is 1. The van der Waals surface area contributed by atoms with Crippen LogP contribution in [0.1, 0.15) is 12.0 Å². The maximum Gasteiger partial charge on any atom is 0.0724 e. The fraction of sp³-hybridized carbons (Fsp3) is 0.0769. The van der Waals surface area contributed by atoms with Gasteiger partial charge in [0, 0.05) is 29.8 Å². The first-order chi connectivity index (χ1) is 7.95. The van der Waals surface area contributed by atoms with Gasteiger partial charge in [-0.25, -0.2) is 0 Å². The van der Waals surface area contributed by atoms with Crippen LogP contribution in [0.4, 0.5) is 0 Å². The summed E-state index contributed by atoms with van der Waals surface area (Å²) in [5, 5.41) is 5.46. The average Bonchev–Trinajstić information content (AvgIpc) is 2.39. The maximum atomic E-state index is 4.34. The standard InChI is InChI=1S/C13H11N3/c1-2-5-12-10(4-1)11(7-9-14-12)13-6-3-8-15-16-13/h1-5,7-9,15H,6H2. The molecule has 1 aromatic carbocycles. The molecule has 0 spiro atoms. The second kappa shape index (κ2) is 3.77. The minimum atomic E-state index is 0.862. The zero-order valence-electron chi connectivity index (χ0n) is 8.72. The Bertz CT molecular complexity index is 579. The minimum absolute atomic E-state index is 0.862. The highest BCUT2D eigenvalue weighted by Crippen LogP contribution is 2.18. The lowest BCUT2D eigenvalue weighted by Gasteiger charge is -2.10. The van der Waals surface area contributed by atoms with Crippen LogP contribution >= 0.6 is 0 Å². The predicted octanol–water partition coefficient (Wildman–Crippen LogP) is 2.45. The quantitative estimate of drug-likeness (QED) is 0.783. The highest BCUT2D eigenvalue weighted by Gasteiger charge is 2.08.